The van der Waals surface area contributed by atoms with E-state index in [9.17, 15) is 9.59 Å². The van der Waals surface area contributed by atoms with Crippen LogP contribution in [0.5, 0.6) is 0 Å². The van der Waals surface area contributed by atoms with Crippen LogP contribution in [-0.4, -0.2) is 28.9 Å². The van der Waals surface area contributed by atoms with Crippen molar-refractivity contribution in [2.75, 3.05) is 6.54 Å². The Hall–Kier alpha value is -1.57. The lowest BCUT2D eigenvalue weighted by atomic mass is 9.98. The Balaban J connectivity index is 2.14. The Morgan fingerprint density at radius 1 is 1.50 bits per heavy atom. The summed E-state index contributed by atoms with van der Waals surface area (Å²) < 4.78 is 0. The van der Waals surface area contributed by atoms with Crippen LogP contribution in [0.4, 0.5) is 4.79 Å². The van der Waals surface area contributed by atoms with E-state index in [1.54, 1.807) is 6.92 Å². The second kappa shape index (κ2) is 3.78. The van der Waals surface area contributed by atoms with Crippen LogP contribution in [0.15, 0.2) is 0 Å². The van der Waals surface area contributed by atoms with Gasteiger partial charge in [-0.1, -0.05) is 12.8 Å². The normalized spacial score (nSPS) is 24.6. The van der Waals surface area contributed by atoms with Gasteiger partial charge in [-0.25, -0.2) is 4.79 Å². The van der Waals surface area contributed by atoms with Crippen molar-refractivity contribution < 1.29 is 9.59 Å². The average molecular weight is 221 g/mol. The molecule has 1 aliphatic heterocycles. The maximum absolute atomic E-state index is 12.1. The Morgan fingerprint density at radius 2 is 2.12 bits per heavy atom. The Morgan fingerprint density at radius 3 is 2.69 bits per heavy atom. The molecule has 1 spiro atoms. The molecule has 0 aromatic heterocycles. The van der Waals surface area contributed by atoms with Crippen molar-refractivity contribution in [2.24, 2.45) is 5.92 Å². The molecule has 0 radical (unpaired) electrons. The minimum atomic E-state index is -0.647. The summed E-state index contributed by atoms with van der Waals surface area (Å²) in [6, 6.07) is 1.70. The number of imide groups is 1. The fourth-order valence-electron chi connectivity index (χ4n) is 2.47. The van der Waals surface area contributed by atoms with Gasteiger partial charge in [-0.3, -0.25) is 9.69 Å². The molecule has 0 aromatic carbocycles. The molecular formula is C11H15N3O2. The van der Waals surface area contributed by atoms with E-state index < -0.39 is 5.54 Å². The van der Waals surface area contributed by atoms with Crippen molar-refractivity contribution in [1.82, 2.24) is 10.2 Å². The summed E-state index contributed by atoms with van der Waals surface area (Å²) in [6.45, 7) is 1.91. The van der Waals surface area contributed by atoms with E-state index in [1.807, 2.05) is 6.07 Å². The summed E-state index contributed by atoms with van der Waals surface area (Å²) in [5.74, 6) is -0.455. The molecule has 1 aliphatic carbocycles. The number of hydrogen-bond donors (Lipinski definition) is 1. The second-order valence-electron chi connectivity index (χ2n) is 4.67. The lowest BCUT2D eigenvalue weighted by molar-refractivity contribution is -0.131. The predicted octanol–water partition coefficient (Wildman–Crippen LogP) is 1.01. The highest BCUT2D eigenvalue weighted by atomic mass is 16.2. The first-order chi connectivity index (χ1) is 7.59. The van der Waals surface area contributed by atoms with Gasteiger partial charge >= 0.3 is 6.03 Å². The summed E-state index contributed by atoms with van der Waals surface area (Å²) in [6.07, 6.45) is 3.42. The highest BCUT2D eigenvalue weighted by molar-refractivity contribution is 6.07. The molecule has 2 rings (SSSR count). The minimum Gasteiger partial charge on any atom is -0.323 e. The zero-order valence-corrected chi connectivity index (χ0v) is 9.32. The van der Waals surface area contributed by atoms with Crippen molar-refractivity contribution in [3.05, 3.63) is 0 Å². The van der Waals surface area contributed by atoms with Crippen LogP contribution in [0.3, 0.4) is 0 Å². The summed E-state index contributed by atoms with van der Waals surface area (Å²) in [4.78, 5) is 25.0. The van der Waals surface area contributed by atoms with E-state index >= 15 is 0 Å². The van der Waals surface area contributed by atoms with Gasteiger partial charge in [0.1, 0.15) is 5.54 Å². The number of nitriles is 1. The molecule has 5 nitrogen and oxygen atoms in total. The molecule has 3 amide bonds. The quantitative estimate of drug-likeness (QED) is 0.707. The second-order valence-corrected chi connectivity index (χ2v) is 4.67. The van der Waals surface area contributed by atoms with E-state index in [0.29, 0.717) is 0 Å². The van der Waals surface area contributed by atoms with Crippen molar-refractivity contribution in [3.8, 4) is 6.07 Å². The van der Waals surface area contributed by atoms with Crippen LogP contribution in [-0.2, 0) is 4.79 Å². The number of amides is 3. The number of carbonyl (C=O) groups excluding carboxylic acids is 2. The van der Waals surface area contributed by atoms with Gasteiger partial charge in [0.15, 0.2) is 0 Å². The smallest absolute Gasteiger partial charge is 0.323 e. The minimum absolute atomic E-state index is 0.142. The molecule has 1 unspecified atom stereocenters. The zero-order valence-electron chi connectivity index (χ0n) is 9.32. The van der Waals surface area contributed by atoms with Gasteiger partial charge in [-0.05, 0) is 19.8 Å². The third kappa shape index (κ3) is 1.54. The molecule has 1 saturated carbocycles. The number of urea groups is 1. The van der Waals surface area contributed by atoms with Gasteiger partial charge in [-0.15, -0.1) is 0 Å². The predicted molar refractivity (Wildman–Crippen MR) is 56.2 cm³/mol. The first-order valence-corrected chi connectivity index (χ1v) is 5.63. The van der Waals surface area contributed by atoms with Crippen LogP contribution in [0, 0.1) is 17.2 Å². The third-order valence-corrected chi connectivity index (χ3v) is 3.38. The van der Waals surface area contributed by atoms with Crippen molar-refractivity contribution in [3.63, 3.8) is 0 Å². The third-order valence-electron chi connectivity index (χ3n) is 3.38. The van der Waals surface area contributed by atoms with E-state index in [1.165, 1.54) is 4.90 Å². The molecule has 0 bridgehead atoms. The summed E-state index contributed by atoms with van der Waals surface area (Å²) >= 11 is 0. The maximum atomic E-state index is 12.1. The molecule has 16 heavy (non-hydrogen) atoms. The summed E-state index contributed by atoms with van der Waals surface area (Å²) in [5, 5.41) is 11.5. The van der Waals surface area contributed by atoms with Crippen LogP contribution in [0.1, 0.15) is 32.6 Å². The van der Waals surface area contributed by atoms with Crippen LogP contribution in [0.2, 0.25) is 0 Å². The summed E-state index contributed by atoms with van der Waals surface area (Å²) in [7, 11) is 0. The fourth-order valence-corrected chi connectivity index (χ4v) is 2.47. The van der Waals surface area contributed by atoms with E-state index in [-0.39, 0.29) is 24.4 Å². The Labute approximate surface area is 94.4 Å². The molecule has 1 N–H and O–H groups in total. The highest BCUT2D eigenvalue weighted by Gasteiger charge is 2.52. The first kappa shape index (κ1) is 10.9. The largest absolute Gasteiger partial charge is 0.325 e. The lowest BCUT2D eigenvalue weighted by Gasteiger charge is -2.20. The van der Waals surface area contributed by atoms with E-state index in [2.05, 4.69) is 5.32 Å². The van der Waals surface area contributed by atoms with Crippen molar-refractivity contribution in [1.29, 1.82) is 5.26 Å². The first-order valence-electron chi connectivity index (χ1n) is 5.63. The molecule has 2 aliphatic rings. The highest BCUT2D eigenvalue weighted by Crippen LogP contribution is 2.35. The number of nitrogens with zero attached hydrogens (tertiary/aromatic N) is 2. The van der Waals surface area contributed by atoms with Gasteiger partial charge < -0.3 is 5.32 Å². The van der Waals surface area contributed by atoms with Crippen LogP contribution >= 0.6 is 0 Å². The van der Waals surface area contributed by atoms with Crippen LogP contribution in [0.25, 0.3) is 0 Å². The molecule has 0 aromatic rings. The fraction of sp³-hybridized carbons (Fsp3) is 0.727. The molecule has 86 valence electrons. The Kier molecular flexibility index (Phi) is 2.58. The zero-order chi connectivity index (χ0) is 11.8. The molecule has 1 atom stereocenters. The maximum Gasteiger partial charge on any atom is 0.325 e. The SMILES string of the molecule is CC(C#N)CN1C(=O)NC2(CCCC2)C1=O. The van der Waals surface area contributed by atoms with Crippen molar-refractivity contribution in [2.45, 2.75) is 38.1 Å². The Bertz CT molecular complexity index is 366. The molecule has 5 heteroatoms. The molecule has 1 heterocycles. The number of rotatable bonds is 2. The number of hydrogen-bond acceptors (Lipinski definition) is 3. The monoisotopic (exact) mass is 221 g/mol. The number of carbonyl (C=O) groups is 2. The molecular weight excluding hydrogens is 206 g/mol. The van der Waals surface area contributed by atoms with Gasteiger partial charge in [0.05, 0.1) is 12.0 Å². The molecule has 2 fully saturated rings. The molecule has 1 saturated heterocycles. The standard InChI is InChI=1S/C11H15N3O2/c1-8(6-12)7-14-9(15)11(13-10(14)16)4-2-3-5-11/h8H,2-5,7H2,1H3,(H,13,16). The summed E-state index contributed by atoms with van der Waals surface area (Å²) in [5.41, 5.74) is -0.647. The van der Waals surface area contributed by atoms with Gasteiger partial charge in [0.2, 0.25) is 0 Å². The van der Waals surface area contributed by atoms with Gasteiger partial charge in [0, 0.05) is 6.54 Å². The number of nitrogens with one attached hydrogen (secondary N) is 1. The van der Waals surface area contributed by atoms with Gasteiger partial charge in [0.25, 0.3) is 5.91 Å². The lowest BCUT2D eigenvalue weighted by Crippen LogP contribution is -2.44. The van der Waals surface area contributed by atoms with E-state index in [0.717, 1.165) is 25.7 Å². The van der Waals surface area contributed by atoms with Gasteiger partial charge in [-0.2, -0.15) is 5.26 Å². The topological polar surface area (TPSA) is 73.2 Å². The van der Waals surface area contributed by atoms with Crippen LogP contribution < -0.4 is 5.32 Å². The van der Waals surface area contributed by atoms with E-state index in [4.69, 9.17) is 5.26 Å². The average Bonchev–Trinajstić information content (AvgIpc) is 2.81. The van der Waals surface area contributed by atoms with Crippen molar-refractivity contribution >= 4 is 11.9 Å².